The second kappa shape index (κ2) is 3.67. The number of aromatic nitrogens is 1. The van der Waals surface area contributed by atoms with Gasteiger partial charge in [0, 0.05) is 0 Å². The summed E-state index contributed by atoms with van der Waals surface area (Å²) in [4.78, 5) is 15.0. The molecule has 78 valence electrons. The van der Waals surface area contributed by atoms with Gasteiger partial charge < -0.3 is 9.15 Å². The van der Waals surface area contributed by atoms with E-state index < -0.39 is 11.7 Å². The van der Waals surface area contributed by atoms with Crippen LogP contribution < -0.4 is 10.9 Å². The van der Waals surface area contributed by atoms with Crippen molar-refractivity contribution in [3.05, 3.63) is 12.5 Å². The van der Waals surface area contributed by atoms with E-state index >= 15 is 0 Å². The molecule has 0 unspecified atom stereocenters. The molecule has 1 amide bonds. The molecular formula is C8H13N3O3. The summed E-state index contributed by atoms with van der Waals surface area (Å²) in [5.74, 6) is 5.39. The first-order chi connectivity index (χ1) is 6.40. The van der Waals surface area contributed by atoms with Gasteiger partial charge >= 0.3 is 12.1 Å². The second-order valence-electron chi connectivity index (χ2n) is 3.67. The average molecular weight is 199 g/mol. The fourth-order valence-electron chi connectivity index (χ4n) is 0.724. The van der Waals surface area contributed by atoms with E-state index in [1.165, 1.54) is 12.5 Å². The van der Waals surface area contributed by atoms with E-state index in [1.54, 1.807) is 20.8 Å². The highest BCUT2D eigenvalue weighted by Crippen LogP contribution is 2.12. The molecule has 0 aliphatic heterocycles. The molecule has 6 nitrogen and oxygen atoms in total. The molecule has 0 spiro atoms. The lowest BCUT2D eigenvalue weighted by Crippen LogP contribution is -2.41. The Kier molecular flexibility index (Phi) is 2.76. The summed E-state index contributed by atoms with van der Waals surface area (Å²) in [5, 5.41) is 0.714. The first kappa shape index (κ1) is 10.5. The van der Waals surface area contributed by atoms with Crippen LogP contribution in [0, 0.1) is 0 Å². The molecular weight excluding hydrogens is 186 g/mol. The number of hydrogen-bond acceptors (Lipinski definition) is 5. The zero-order valence-corrected chi connectivity index (χ0v) is 8.35. The van der Waals surface area contributed by atoms with Gasteiger partial charge in [-0.2, -0.15) is 5.01 Å². The van der Waals surface area contributed by atoms with E-state index in [1.807, 2.05) is 0 Å². The smallest absolute Gasteiger partial charge is 0.433 e. The van der Waals surface area contributed by atoms with Gasteiger partial charge in [-0.3, -0.25) is 0 Å². The number of rotatable bonds is 1. The van der Waals surface area contributed by atoms with Crippen LogP contribution >= 0.6 is 0 Å². The Morgan fingerprint density at radius 2 is 2.29 bits per heavy atom. The molecule has 0 saturated carbocycles. The first-order valence-electron chi connectivity index (χ1n) is 4.07. The van der Waals surface area contributed by atoms with Crippen molar-refractivity contribution in [3.63, 3.8) is 0 Å². The number of oxazole rings is 1. The lowest BCUT2D eigenvalue weighted by atomic mass is 10.2. The first-order valence-corrected chi connectivity index (χ1v) is 4.07. The van der Waals surface area contributed by atoms with Crippen LogP contribution in [0.3, 0.4) is 0 Å². The van der Waals surface area contributed by atoms with Crippen molar-refractivity contribution in [3.8, 4) is 0 Å². The van der Waals surface area contributed by atoms with Gasteiger partial charge in [0.2, 0.25) is 0 Å². The number of hydrogen-bond donors (Lipinski definition) is 1. The van der Waals surface area contributed by atoms with Gasteiger partial charge in [-0.1, -0.05) is 0 Å². The van der Waals surface area contributed by atoms with Crippen molar-refractivity contribution in [2.45, 2.75) is 26.4 Å². The number of hydrazine groups is 1. The van der Waals surface area contributed by atoms with E-state index in [9.17, 15) is 4.79 Å². The van der Waals surface area contributed by atoms with Crippen LogP contribution in [0.25, 0.3) is 0 Å². The number of amides is 1. The van der Waals surface area contributed by atoms with Crippen LogP contribution in [0.5, 0.6) is 0 Å². The standard InChI is InChI=1S/C8H13N3O3/c1-8(2,3)14-7(12)11(9)6-10-4-5-13-6/h4-5H,9H2,1-3H3. The predicted molar refractivity (Wildman–Crippen MR) is 49.4 cm³/mol. The van der Waals surface area contributed by atoms with Crippen molar-refractivity contribution < 1.29 is 13.9 Å². The maximum Gasteiger partial charge on any atom is 0.433 e. The van der Waals surface area contributed by atoms with Crippen LogP contribution in [0.1, 0.15) is 20.8 Å². The molecule has 0 aromatic carbocycles. The third-order valence-corrected chi connectivity index (χ3v) is 1.22. The molecule has 14 heavy (non-hydrogen) atoms. The Balaban J connectivity index is 2.63. The average Bonchev–Trinajstić information content (AvgIpc) is 2.51. The molecule has 0 radical (unpaired) electrons. The molecule has 0 fully saturated rings. The highest BCUT2D eigenvalue weighted by atomic mass is 16.6. The molecule has 0 atom stereocenters. The van der Waals surface area contributed by atoms with E-state index in [2.05, 4.69) is 4.98 Å². The molecule has 2 N–H and O–H groups in total. The van der Waals surface area contributed by atoms with Crippen molar-refractivity contribution in [1.29, 1.82) is 0 Å². The number of anilines is 1. The van der Waals surface area contributed by atoms with Crippen molar-refractivity contribution >= 4 is 12.1 Å². The van der Waals surface area contributed by atoms with Crippen LogP contribution in [-0.2, 0) is 4.74 Å². The monoisotopic (exact) mass is 199 g/mol. The summed E-state index contributed by atoms with van der Waals surface area (Å²) in [5.41, 5.74) is -0.596. The molecule has 0 aliphatic rings. The van der Waals surface area contributed by atoms with Crippen LogP contribution in [0.4, 0.5) is 10.8 Å². The Labute approximate surface area is 81.6 Å². The van der Waals surface area contributed by atoms with E-state index in [0.717, 1.165) is 0 Å². The van der Waals surface area contributed by atoms with Gasteiger partial charge in [0.25, 0.3) is 0 Å². The third-order valence-electron chi connectivity index (χ3n) is 1.22. The molecule has 1 rings (SSSR count). The highest BCUT2D eigenvalue weighted by Gasteiger charge is 2.23. The summed E-state index contributed by atoms with van der Waals surface area (Å²) in [6.07, 6.45) is 2.00. The third kappa shape index (κ3) is 2.74. The lowest BCUT2D eigenvalue weighted by Gasteiger charge is -2.22. The summed E-state index contributed by atoms with van der Waals surface area (Å²) in [7, 11) is 0. The lowest BCUT2D eigenvalue weighted by molar-refractivity contribution is 0.0572. The minimum absolute atomic E-state index is 0.000694. The van der Waals surface area contributed by atoms with Gasteiger partial charge in [0.1, 0.15) is 11.9 Å². The van der Waals surface area contributed by atoms with Gasteiger partial charge in [-0.25, -0.2) is 15.6 Å². The number of nitrogens with two attached hydrogens (primary N) is 1. The Morgan fingerprint density at radius 3 is 2.71 bits per heavy atom. The number of carbonyl (C=O) groups is 1. The molecule has 1 aromatic rings. The Bertz CT molecular complexity index is 302. The van der Waals surface area contributed by atoms with Crippen molar-refractivity contribution in [2.75, 3.05) is 5.01 Å². The largest absolute Gasteiger partial charge is 0.442 e. The molecule has 1 heterocycles. The second-order valence-corrected chi connectivity index (χ2v) is 3.67. The minimum atomic E-state index is -0.708. The molecule has 0 aliphatic carbocycles. The highest BCUT2D eigenvalue weighted by molar-refractivity contribution is 5.83. The zero-order chi connectivity index (χ0) is 10.8. The quantitative estimate of drug-likeness (QED) is 0.418. The Hall–Kier alpha value is -1.56. The minimum Gasteiger partial charge on any atom is -0.442 e. The summed E-state index contributed by atoms with van der Waals surface area (Å²) >= 11 is 0. The van der Waals surface area contributed by atoms with Crippen LogP contribution in [0.2, 0.25) is 0 Å². The fraction of sp³-hybridized carbons (Fsp3) is 0.500. The molecule has 0 bridgehead atoms. The van der Waals surface area contributed by atoms with Crippen LogP contribution in [-0.4, -0.2) is 16.7 Å². The van der Waals surface area contributed by atoms with E-state index in [-0.39, 0.29) is 6.01 Å². The maximum atomic E-state index is 11.3. The number of ether oxygens (including phenoxy) is 1. The Morgan fingerprint density at radius 1 is 1.64 bits per heavy atom. The normalized spacial score (nSPS) is 11.1. The van der Waals surface area contributed by atoms with E-state index in [4.69, 9.17) is 15.0 Å². The van der Waals surface area contributed by atoms with Gasteiger partial charge in [-0.15, -0.1) is 0 Å². The zero-order valence-electron chi connectivity index (χ0n) is 8.35. The fourth-order valence-corrected chi connectivity index (χ4v) is 0.724. The number of nitrogens with zero attached hydrogens (tertiary/aromatic N) is 2. The molecule has 0 saturated heterocycles. The topological polar surface area (TPSA) is 81.6 Å². The predicted octanol–water partition coefficient (Wildman–Crippen LogP) is 1.29. The maximum absolute atomic E-state index is 11.3. The summed E-state index contributed by atoms with van der Waals surface area (Å²) in [6, 6.07) is -0.000694. The number of carbonyl (C=O) groups excluding carboxylic acids is 1. The SMILES string of the molecule is CC(C)(C)OC(=O)N(N)c1ncco1. The van der Waals surface area contributed by atoms with Crippen molar-refractivity contribution in [1.82, 2.24) is 4.98 Å². The van der Waals surface area contributed by atoms with Crippen molar-refractivity contribution in [2.24, 2.45) is 5.84 Å². The van der Waals surface area contributed by atoms with Gasteiger partial charge in [0.15, 0.2) is 0 Å². The van der Waals surface area contributed by atoms with Gasteiger partial charge in [0.05, 0.1) is 6.20 Å². The molecule has 6 heteroatoms. The summed E-state index contributed by atoms with van der Waals surface area (Å²) in [6.45, 7) is 5.23. The summed E-state index contributed by atoms with van der Waals surface area (Å²) < 4.78 is 9.81. The van der Waals surface area contributed by atoms with E-state index in [0.29, 0.717) is 5.01 Å². The van der Waals surface area contributed by atoms with Gasteiger partial charge in [-0.05, 0) is 20.8 Å². The van der Waals surface area contributed by atoms with Crippen LogP contribution in [0.15, 0.2) is 16.9 Å². The molecule has 1 aromatic heterocycles.